The van der Waals surface area contributed by atoms with E-state index < -0.39 is 41.5 Å². The van der Waals surface area contributed by atoms with Gasteiger partial charge in [-0.05, 0) is 39.0 Å². The highest BCUT2D eigenvalue weighted by molar-refractivity contribution is 5.71. The van der Waals surface area contributed by atoms with Crippen LogP contribution in [0.1, 0.15) is 47.0 Å². The third-order valence-corrected chi connectivity index (χ3v) is 4.03. The molecule has 1 aliphatic heterocycles. The van der Waals surface area contributed by atoms with Gasteiger partial charge in [-0.15, -0.1) is 0 Å². The lowest BCUT2D eigenvalue weighted by molar-refractivity contribution is -0.308. The summed E-state index contributed by atoms with van der Waals surface area (Å²) in [4.78, 5) is 24.5. The van der Waals surface area contributed by atoms with Gasteiger partial charge in [0.1, 0.15) is 5.60 Å². The zero-order valence-corrected chi connectivity index (χ0v) is 15.5. The molecule has 1 aliphatic rings. The van der Waals surface area contributed by atoms with E-state index in [1.54, 1.807) is 27.7 Å². The van der Waals surface area contributed by atoms with Gasteiger partial charge >= 0.3 is 24.4 Å². The normalized spacial score (nSPS) is 18.4. The number of rotatable bonds is 3. The second-order valence-corrected chi connectivity index (χ2v) is 7.91. The van der Waals surface area contributed by atoms with E-state index in [2.05, 4.69) is 4.74 Å². The Bertz CT molecular complexity index is 531. The van der Waals surface area contributed by atoms with Crippen LogP contribution < -0.4 is 0 Å². The first-order chi connectivity index (χ1) is 11.9. The van der Waals surface area contributed by atoms with E-state index in [0.717, 1.165) is 4.90 Å². The smallest absolute Gasteiger partial charge is 0.434 e. The van der Waals surface area contributed by atoms with Gasteiger partial charge in [0.15, 0.2) is 0 Å². The lowest BCUT2D eigenvalue weighted by Gasteiger charge is -2.39. The molecule has 27 heavy (non-hydrogen) atoms. The maximum absolute atomic E-state index is 12.5. The molecule has 1 amide bonds. The number of hydrogen-bond acceptors (Lipinski definition) is 4. The van der Waals surface area contributed by atoms with E-state index in [4.69, 9.17) is 4.74 Å². The Morgan fingerprint density at radius 1 is 1.00 bits per heavy atom. The van der Waals surface area contributed by atoms with Crippen LogP contribution in [0.25, 0.3) is 0 Å². The molecule has 0 spiro atoms. The minimum atomic E-state index is -5.76. The number of halogens is 6. The quantitative estimate of drug-likeness (QED) is 0.512. The van der Waals surface area contributed by atoms with Crippen molar-refractivity contribution >= 4 is 12.1 Å². The topological polar surface area (TPSA) is 55.8 Å². The molecule has 11 heteroatoms. The Morgan fingerprint density at radius 2 is 1.44 bits per heavy atom. The van der Waals surface area contributed by atoms with Crippen molar-refractivity contribution in [1.29, 1.82) is 0 Å². The molecule has 0 aromatic rings. The summed E-state index contributed by atoms with van der Waals surface area (Å²) in [6.07, 6.45) is -16.9. The molecule has 5 nitrogen and oxygen atoms in total. The lowest BCUT2D eigenvalue weighted by Crippen LogP contribution is -2.50. The number of hydrogen-bond donors (Lipinski definition) is 0. The summed E-state index contributed by atoms with van der Waals surface area (Å²) in [7, 11) is 0. The first-order valence-corrected chi connectivity index (χ1v) is 8.24. The van der Waals surface area contributed by atoms with Crippen LogP contribution in [-0.4, -0.2) is 54.1 Å². The van der Waals surface area contributed by atoms with Crippen LogP contribution in [0, 0.1) is 5.41 Å². The van der Waals surface area contributed by atoms with Crippen LogP contribution in [0.3, 0.4) is 0 Å². The predicted octanol–water partition coefficient (Wildman–Crippen LogP) is 4.45. The lowest BCUT2D eigenvalue weighted by atomic mass is 9.77. The highest BCUT2D eigenvalue weighted by atomic mass is 19.4. The van der Waals surface area contributed by atoms with E-state index in [-0.39, 0.29) is 32.4 Å². The van der Waals surface area contributed by atoms with E-state index >= 15 is 0 Å². The minimum absolute atomic E-state index is 0.0287. The first-order valence-electron chi connectivity index (χ1n) is 8.24. The van der Waals surface area contributed by atoms with Gasteiger partial charge in [-0.2, -0.15) is 26.3 Å². The fourth-order valence-electron chi connectivity index (χ4n) is 2.63. The molecular weight excluding hydrogens is 384 g/mol. The molecule has 0 atom stereocenters. The van der Waals surface area contributed by atoms with Gasteiger partial charge in [0, 0.05) is 13.1 Å². The van der Waals surface area contributed by atoms with Gasteiger partial charge in [0.05, 0.1) is 6.42 Å². The molecule has 1 fully saturated rings. The second-order valence-electron chi connectivity index (χ2n) is 7.91. The molecule has 1 saturated heterocycles. The van der Waals surface area contributed by atoms with Crippen molar-refractivity contribution in [2.45, 2.75) is 71.0 Å². The van der Waals surface area contributed by atoms with Crippen LogP contribution in [0.2, 0.25) is 0 Å². The van der Waals surface area contributed by atoms with Crippen molar-refractivity contribution in [3.05, 3.63) is 0 Å². The van der Waals surface area contributed by atoms with E-state index in [1.807, 2.05) is 0 Å². The second kappa shape index (κ2) is 7.75. The van der Waals surface area contributed by atoms with Gasteiger partial charge in [-0.3, -0.25) is 4.79 Å². The largest absolute Gasteiger partial charge is 0.460 e. The molecule has 0 bridgehead atoms. The van der Waals surface area contributed by atoms with Gasteiger partial charge in [-0.25, -0.2) is 4.79 Å². The average Bonchev–Trinajstić information content (AvgIpc) is 2.40. The van der Waals surface area contributed by atoms with E-state index in [0.29, 0.717) is 0 Å². The number of alkyl halides is 6. The molecule has 0 aliphatic carbocycles. The molecule has 0 unspecified atom stereocenters. The predicted molar refractivity (Wildman–Crippen MR) is 81.8 cm³/mol. The van der Waals surface area contributed by atoms with E-state index in [9.17, 15) is 35.9 Å². The summed E-state index contributed by atoms with van der Waals surface area (Å²) in [5.74, 6) is -0.463. The Hall–Kier alpha value is -1.68. The summed E-state index contributed by atoms with van der Waals surface area (Å²) in [5, 5.41) is 0. The van der Waals surface area contributed by atoms with Crippen LogP contribution in [0.4, 0.5) is 31.1 Å². The Balaban J connectivity index is 2.65. The molecular formula is C16H23F6NO4. The van der Waals surface area contributed by atoms with Crippen molar-refractivity contribution in [1.82, 2.24) is 4.90 Å². The summed E-state index contributed by atoms with van der Waals surface area (Å²) in [6.45, 7) is 6.59. The molecule has 0 saturated carbocycles. The Kier molecular flexibility index (Phi) is 6.70. The van der Waals surface area contributed by atoms with Crippen molar-refractivity contribution in [2.24, 2.45) is 5.41 Å². The van der Waals surface area contributed by atoms with Crippen LogP contribution in [-0.2, 0) is 14.3 Å². The third-order valence-electron chi connectivity index (χ3n) is 4.03. The maximum atomic E-state index is 12.5. The maximum Gasteiger partial charge on any atom is 0.434 e. The minimum Gasteiger partial charge on any atom is -0.460 e. The summed E-state index contributed by atoms with van der Waals surface area (Å²) in [5.41, 5.74) is -1.26. The molecule has 0 radical (unpaired) electrons. The highest BCUT2D eigenvalue weighted by Gasteiger charge is 2.60. The zero-order chi connectivity index (χ0) is 21.3. The molecule has 1 rings (SSSR count). The van der Waals surface area contributed by atoms with Crippen LogP contribution in [0.5, 0.6) is 0 Å². The standard InChI is InChI=1S/C16H23F6NO4/c1-13(2,3)27-10(24)9-14(4)5-7-23(8-6-14)12(25)26-11(15(17,18)19)16(20,21)22/h11H,5-9H2,1-4H3. The van der Waals surface area contributed by atoms with Crippen LogP contribution in [0.15, 0.2) is 0 Å². The monoisotopic (exact) mass is 407 g/mol. The van der Waals surface area contributed by atoms with Gasteiger partial charge in [0.2, 0.25) is 0 Å². The van der Waals surface area contributed by atoms with Gasteiger partial charge in [0.25, 0.3) is 6.10 Å². The fourth-order valence-corrected chi connectivity index (χ4v) is 2.63. The number of likely N-dealkylation sites (tertiary alicyclic amines) is 1. The van der Waals surface area contributed by atoms with Crippen LogP contribution >= 0.6 is 0 Å². The summed E-state index contributed by atoms with van der Waals surface area (Å²) in [6, 6.07) is 0. The van der Waals surface area contributed by atoms with Gasteiger partial charge < -0.3 is 14.4 Å². The number of piperidine rings is 1. The number of carbonyl (C=O) groups is 2. The summed E-state index contributed by atoms with van der Waals surface area (Å²) >= 11 is 0. The molecule has 1 heterocycles. The first kappa shape index (κ1) is 23.4. The number of carbonyl (C=O) groups excluding carboxylic acids is 2. The Morgan fingerprint density at radius 3 is 1.81 bits per heavy atom. The van der Waals surface area contributed by atoms with Crippen molar-refractivity contribution < 1.29 is 45.4 Å². The number of esters is 1. The van der Waals surface area contributed by atoms with Gasteiger partial charge in [-0.1, -0.05) is 6.92 Å². The van der Waals surface area contributed by atoms with Crippen molar-refractivity contribution in [2.75, 3.05) is 13.1 Å². The molecule has 0 aromatic heterocycles. The fraction of sp³-hybridized carbons (Fsp3) is 0.875. The van der Waals surface area contributed by atoms with Crippen molar-refractivity contribution in [3.8, 4) is 0 Å². The molecule has 158 valence electrons. The Labute approximate surface area is 153 Å². The third kappa shape index (κ3) is 7.45. The summed E-state index contributed by atoms with van der Waals surface area (Å²) < 4.78 is 83.8. The molecule has 0 aromatic carbocycles. The average molecular weight is 407 g/mol. The SMILES string of the molecule is CC1(CC(=O)OC(C)(C)C)CCN(C(=O)OC(C(F)(F)F)C(F)(F)F)CC1. The number of ether oxygens (including phenoxy) is 2. The van der Waals surface area contributed by atoms with E-state index in [1.165, 1.54) is 0 Å². The molecule has 0 N–H and O–H groups in total. The zero-order valence-electron chi connectivity index (χ0n) is 15.5. The highest BCUT2D eigenvalue weighted by Crippen LogP contribution is 2.38. The number of amides is 1. The number of nitrogens with zero attached hydrogens (tertiary/aromatic N) is 1. The van der Waals surface area contributed by atoms with Crippen molar-refractivity contribution in [3.63, 3.8) is 0 Å².